The summed E-state index contributed by atoms with van der Waals surface area (Å²) in [4.78, 5) is 24.7. The molecule has 0 saturated heterocycles. The number of benzene rings is 1. The largest absolute Gasteiger partial charge is 0.467 e. The number of nitrogens with one attached hydrogen (secondary N) is 1. The second-order valence-electron chi connectivity index (χ2n) is 6.18. The molecular weight excluding hydrogens is 377 g/mol. The number of hydrogen-bond donors (Lipinski definition) is 1. The number of nitrogens with zero attached hydrogens (tertiary/aromatic N) is 4. The number of aromatic nitrogens is 4. The highest BCUT2D eigenvalue weighted by Gasteiger charge is 2.20. The topological polar surface area (TPSA) is 103 Å². The van der Waals surface area contributed by atoms with Crippen LogP contribution < -0.4 is 10.1 Å². The van der Waals surface area contributed by atoms with Gasteiger partial charge in [0.05, 0.1) is 12.2 Å². The van der Waals surface area contributed by atoms with Crippen molar-refractivity contribution in [3.05, 3.63) is 66.0 Å². The molecule has 4 aromatic rings. The predicted molar refractivity (Wildman–Crippen MR) is 101 cm³/mol. The lowest BCUT2D eigenvalue weighted by Crippen LogP contribution is -2.28. The molecule has 0 bridgehead atoms. The Morgan fingerprint density at radius 1 is 1.21 bits per heavy atom. The molecule has 0 radical (unpaired) electrons. The second kappa shape index (κ2) is 8.01. The van der Waals surface area contributed by atoms with Crippen LogP contribution in [0, 0.1) is 12.7 Å². The maximum absolute atomic E-state index is 13.6. The third kappa shape index (κ3) is 4.18. The fraction of sp³-hybridized carbons (Fsp3) is 0.150. The zero-order valence-electron chi connectivity index (χ0n) is 15.4. The van der Waals surface area contributed by atoms with Crippen molar-refractivity contribution in [2.24, 2.45) is 0 Å². The minimum atomic E-state index is -0.414. The second-order valence-corrected chi connectivity index (χ2v) is 6.18. The number of hydrogen-bond acceptors (Lipinski definition) is 7. The average molecular weight is 393 g/mol. The maximum atomic E-state index is 13.6. The van der Waals surface area contributed by atoms with Crippen LogP contribution in [0.3, 0.4) is 0 Å². The van der Waals surface area contributed by atoms with Crippen LogP contribution in [0.5, 0.6) is 5.88 Å². The molecule has 146 valence electrons. The fourth-order valence-electron chi connectivity index (χ4n) is 2.74. The number of amides is 1. The van der Waals surface area contributed by atoms with Crippen LogP contribution in [-0.2, 0) is 11.3 Å². The van der Waals surface area contributed by atoms with E-state index < -0.39 is 5.82 Å². The van der Waals surface area contributed by atoms with E-state index in [9.17, 15) is 9.18 Å². The first-order valence-corrected chi connectivity index (χ1v) is 8.79. The summed E-state index contributed by atoms with van der Waals surface area (Å²) in [6.45, 7) is 1.67. The summed E-state index contributed by atoms with van der Waals surface area (Å²) in [7, 11) is 0. The van der Waals surface area contributed by atoms with E-state index in [-0.39, 0.29) is 30.7 Å². The maximum Gasteiger partial charge on any atom is 0.265 e. The summed E-state index contributed by atoms with van der Waals surface area (Å²) in [5.74, 6) is -0.226. The number of carbonyl (C=O) groups is 1. The normalized spacial score (nSPS) is 10.8. The lowest BCUT2D eigenvalue weighted by Gasteiger charge is -2.08. The van der Waals surface area contributed by atoms with Gasteiger partial charge >= 0.3 is 0 Å². The van der Waals surface area contributed by atoms with E-state index in [1.807, 2.05) is 6.07 Å². The molecule has 1 aromatic carbocycles. The number of rotatable bonds is 6. The SMILES string of the molecule is Cc1nc(OCC(=O)NCc2ccccn2)c2c(-c3cccc(F)c3)noc2n1. The Morgan fingerprint density at radius 2 is 2.10 bits per heavy atom. The van der Waals surface area contributed by atoms with E-state index in [1.165, 1.54) is 12.1 Å². The molecule has 1 N–H and O–H groups in total. The van der Waals surface area contributed by atoms with E-state index in [1.54, 1.807) is 37.4 Å². The third-order valence-electron chi connectivity index (χ3n) is 4.05. The molecule has 0 unspecified atom stereocenters. The predicted octanol–water partition coefficient (Wildman–Crippen LogP) is 2.82. The standard InChI is InChI=1S/C20H16FN5O3/c1-12-24-19(28-11-16(27)23-10-15-7-2-3-8-22-15)17-18(26-29-20(17)25-12)13-5-4-6-14(21)9-13/h2-9H,10-11H2,1H3,(H,23,27). The van der Waals surface area contributed by atoms with E-state index in [2.05, 4.69) is 25.4 Å². The first-order chi connectivity index (χ1) is 14.1. The van der Waals surface area contributed by atoms with Crippen LogP contribution in [0.4, 0.5) is 4.39 Å². The zero-order valence-corrected chi connectivity index (χ0v) is 15.4. The van der Waals surface area contributed by atoms with Crippen molar-refractivity contribution in [2.45, 2.75) is 13.5 Å². The Kier molecular flexibility index (Phi) is 5.10. The Balaban J connectivity index is 1.55. The fourth-order valence-corrected chi connectivity index (χ4v) is 2.74. The van der Waals surface area contributed by atoms with Gasteiger partial charge in [0.1, 0.15) is 22.7 Å². The molecule has 0 aliphatic rings. The van der Waals surface area contributed by atoms with E-state index >= 15 is 0 Å². The molecule has 1 amide bonds. The van der Waals surface area contributed by atoms with Gasteiger partial charge in [0, 0.05) is 11.8 Å². The van der Waals surface area contributed by atoms with Gasteiger partial charge in [0.25, 0.3) is 11.6 Å². The highest BCUT2D eigenvalue weighted by molar-refractivity contribution is 5.93. The van der Waals surface area contributed by atoms with Crippen LogP contribution in [0.2, 0.25) is 0 Å². The van der Waals surface area contributed by atoms with Crippen molar-refractivity contribution < 1.29 is 18.4 Å². The van der Waals surface area contributed by atoms with Crippen molar-refractivity contribution >= 4 is 17.0 Å². The summed E-state index contributed by atoms with van der Waals surface area (Å²) in [5, 5.41) is 7.07. The molecule has 29 heavy (non-hydrogen) atoms. The van der Waals surface area contributed by atoms with Gasteiger partial charge in [-0.1, -0.05) is 23.4 Å². The number of carbonyl (C=O) groups excluding carboxylic acids is 1. The number of aryl methyl sites for hydroxylation is 1. The smallest absolute Gasteiger partial charge is 0.265 e. The number of halogens is 1. The molecule has 0 aliphatic carbocycles. The number of fused-ring (bicyclic) bond motifs is 1. The summed E-state index contributed by atoms with van der Waals surface area (Å²) < 4.78 is 24.5. The van der Waals surface area contributed by atoms with Crippen molar-refractivity contribution in [1.82, 2.24) is 25.4 Å². The molecule has 4 rings (SSSR count). The van der Waals surface area contributed by atoms with Crippen molar-refractivity contribution in [2.75, 3.05) is 6.61 Å². The van der Waals surface area contributed by atoms with E-state index in [0.717, 1.165) is 5.69 Å². The monoisotopic (exact) mass is 393 g/mol. The quantitative estimate of drug-likeness (QED) is 0.537. The number of ether oxygens (including phenoxy) is 1. The van der Waals surface area contributed by atoms with Crippen molar-refractivity contribution in [1.29, 1.82) is 0 Å². The molecule has 0 aliphatic heterocycles. The first-order valence-electron chi connectivity index (χ1n) is 8.79. The van der Waals surface area contributed by atoms with E-state index in [0.29, 0.717) is 22.5 Å². The summed E-state index contributed by atoms with van der Waals surface area (Å²) in [6, 6.07) is 11.3. The first kappa shape index (κ1) is 18.5. The van der Waals surface area contributed by atoms with Gasteiger partial charge in [-0.05, 0) is 31.2 Å². The highest BCUT2D eigenvalue weighted by atomic mass is 19.1. The van der Waals surface area contributed by atoms with Gasteiger partial charge < -0.3 is 14.6 Å². The van der Waals surface area contributed by atoms with Gasteiger partial charge in [-0.25, -0.2) is 4.39 Å². The highest BCUT2D eigenvalue weighted by Crippen LogP contribution is 2.33. The molecule has 0 fully saturated rings. The molecular formula is C20H16FN5O3. The number of pyridine rings is 1. The Labute approximate surface area is 164 Å². The van der Waals surface area contributed by atoms with Crippen molar-refractivity contribution in [3.63, 3.8) is 0 Å². The molecule has 3 aromatic heterocycles. The van der Waals surface area contributed by atoms with Crippen LogP contribution in [-0.4, -0.2) is 32.6 Å². The molecule has 0 saturated carbocycles. The lowest BCUT2D eigenvalue weighted by molar-refractivity contribution is -0.123. The minimum absolute atomic E-state index is 0.140. The average Bonchev–Trinajstić information content (AvgIpc) is 3.15. The molecule has 3 heterocycles. The van der Waals surface area contributed by atoms with Gasteiger partial charge in [-0.15, -0.1) is 0 Å². The van der Waals surface area contributed by atoms with Gasteiger partial charge in [0.15, 0.2) is 6.61 Å². The molecule has 9 heteroatoms. The van der Waals surface area contributed by atoms with Gasteiger partial charge in [-0.2, -0.15) is 9.97 Å². The van der Waals surface area contributed by atoms with Crippen LogP contribution in [0.15, 0.2) is 53.2 Å². The van der Waals surface area contributed by atoms with Crippen molar-refractivity contribution in [3.8, 4) is 17.1 Å². The summed E-state index contributed by atoms with van der Waals surface area (Å²) in [5.41, 5.74) is 1.75. The van der Waals surface area contributed by atoms with Crippen LogP contribution >= 0.6 is 0 Å². The summed E-state index contributed by atoms with van der Waals surface area (Å²) in [6.07, 6.45) is 1.65. The Bertz CT molecular complexity index is 1160. The lowest BCUT2D eigenvalue weighted by atomic mass is 10.1. The minimum Gasteiger partial charge on any atom is -0.467 e. The van der Waals surface area contributed by atoms with Gasteiger partial charge in [-0.3, -0.25) is 9.78 Å². The third-order valence-corrected chi connectivity index (χ3v) is 4.05. The zero-order chi connectivity index (χ0) is 20.2. The Hall–Kier alpha value is -3.88. The van der Waals surface area contributed by atoms with E-state index in [4.69, 9.17) is 9.26 Å². The molecule has 0 atom stereocenters. The Morgan fingerprint density at radius 3 is 2.90 bits per heavy atom. The van der Waals surface area contributed by atoms with Gasteiger partial charge in [0.2, 0.25) is 5.88 Å². The van der Waals surface area contributed by atoms with Crippen LogP contribution in [0.25, 0.3) is 22.4 Å². The molecule has 8 nitrogen and oxygen atoms in total. The van der Waals surface area contributed by atoms with Crippen LogP contribution in [0.1, 0.15) is 11.5 Å². The summed E-state index contributed by atoms with van der Waals surface area (Å²) >= 11 is 0. The molecule has 0 spiro atoms.